The zero-order valence-corrected chi connectivity index (χ0v) is 14.8. The normalized spacial score (nSPS) is 20.1. The lowest BCUT2D eigenvalue weighted by molar-refractivity contribution is 0.0130. The summed E-state index contributed by atoms with van der Waals surface area (Å²) in [7, 11) is 0. The molecule has 2 aromatic rings. The first-order valence-electron chi connectivity index (χ1n) is 9.30. The molecule has 1 aromatic heterocycles. The van der Waals surface area contributed by atoms with E-state index in [0.717, 1.165) is 31.4 Å². The van der Waals surface area contributed by atoms with Gasteiger partial charge >= 0.3 is 0 Å². The molecule has 1 atom stereocenters. The number of hydrogen-bond acceptors (Lipinski definition) is 4. The van der Waals surface area contributed by atoms with E-state index < -0.39 is 0 Å². The Bertz CT molecular complexity index is 790. The summed E-state index contributed by atoms with van der Waals surface area (Å²) in [6.45, 7) is 2.96. The molecule has 4 rings (SSSR count). The molecule has 0 N–H and O–H groups in total. The van der Waals surface area contributed by atoms with Gasteiger partial charge in [-0.2, -0.15) is 0 Å². The summed E-state index contributed by atoms with van der Waals surface area (Å²) in [6.07, 6.45) is 7.57. The summed E-state index contributed by atoms with van der Waals surface area (Å²) in [4.78, 5) is 0. The summed E-state index contributed by atoms with van der Waals surface area (Å²) in [5.41, 5.74) is 3.50. The smallest absolute Gasteiger partial charge is 0.220 e. The van der Waals surface area contributed by atoms with Crippen molar-refractivity contribution in [3.05, 3.63) is 46.7 Å². The van der Waals surface area contributed by atoms with Crippen LogP contribution in [-0.2, 0) is 17.6 Å². The Hall–Kier alpha value is -2.12. The van der Waals surface area contributed by atoms with Gasteiger partial charge in [-0.05, 0) is 62.3 Å². The van der Waals surface area contributed by atoms with Crippen LogP contribution in [0.4, 0.5) is 0 Å². The molecule has 1 unspecified atom stereocenters. The minimum absolute atomic E-state index is 0.227. The topological polar surface area (TPSA) is 48.2 Å². The summed E-state index contributed by atoms with van der Waals surface area (Å²) < 4.78 is 11.6. The third-order valence-electron chi connectivity index (χ3n) is 4.87. The molecular formula is C21H24N2O2. The van der Waals surface area contributed by atoms with Crippen LogP contribution in [0.2, 0.25) is 0 Å². The Kier molecular flexibility index (Phi) is 4.85. The highest BCUT2D eigenvalue weighted by Crippen LogP contribution is 2.27. The average Bonchev–Trinajstić information content (AvgIpc) is 3.36. The fraction of sp³-hybridized carbons (Fsp3) is 0.524. The van der Waals surface area contributed by atoms with Gasteiger partial charge in [0, 0.05) is 18.1 Å². The van der Waals surface area contributed by atoms with E-state index >= 15 is 0 Å². The molecule has 0 bridgehead atoms. The second-order valence-corrected chi connectivity index (χ2v) is 7.14. The van der Waals surface area contributed by atoms with Crippen LogP contribution >= 0.6 is 0 Å². The molecule has 1 aliphatic heterocycles. The van der Waals surface area contributed by atoms with Crippen LogP contribution in [0.5, 0.6) is 0 Å². The maximum atomic E-state index is 5.86. The van der Waals surface area contributed by atoms with Crippen LogP contribution in [0.15, 0.2) is 22.6 Å². The maximum Gasteiger partial charge on any atom is 0.220 e. The zero-order chi connectivity index (χ0) is 17.1. The highest BCUT2D eigenvalue weighted by molar-refractivity contribution is 5.42. The average molecular weight is 336 g/mol. The SMILES string of the molecule is Cc1ccc(C#CC2CC2)cc1Cc1nnc(CC2CCCCO2)o1. The molecule has 130 valence electrons. The largest absolute Gasteiger partial charge is 0.425 e. The van der Waals surface area contributed by atoms with Gasteiger partial charge in [-0.1, -0.05) is 17.9 Å². The minimum atomic E-state index is 0.227. The molecule has 4 nitrogen and oxygen atoms in total. The fourth-order valence-electron chi connectivity index (χ4n) is 3.12. The van der Waals surface area contributed by atoms with Gasteiger partial charge in [0.05, 0.1) is 18.9 Å². The van der Waals surface area contributed by atoms with Crippen molar-refractivity contribution >= 4 is 0 Å². The summed E-state index contributed by atoms with van der Waals surface area (Å²) in [5.74, 6) is 8.57. The van der Waals surface area contributed by atoms with Crippen LogP contribution < -0.4 is 0 Å². The molecule has 0 radical (unpaired) electrons. The van der Waals surface area contributed by atoms with Crippen LogP contribution in [-0.4, -0.2) is 22.9 Å². The Morgan fingerprint density at radius 1 is 1.12 bits per heavy atom. The minimum Gasteiger partial charge on any atom is -0.425 e. The van der Waals surface area contributed by atoms with Gasteiger partial charge in [-0.25, -0.2) is 0 Å². The second kappa shape index (κ2) is 7.41. The van der Waals surface area contributed by atoms with E-state index in [1.54, 1.807) is 0 Å². The standard InChI is InChI=1S/C21H24N2O2/c1-15-5-6-17(10-9-16-7-8-16)12-18(15)13-20-22-23-21(25-20)14-19-4-2-3-11-24-19/h5-6,12,16,19H,2-4,7-8,11,13-14H2,1H3. The Morgan fingerprint density at radius 2 is 2.00 bits per heavy atom. The van der Waals surface area contributed by atoms with Crippen molar-refractivity contribution in [1.29, 1.82) is 0 Å². The molecule has 2 fully saturated rings. The number of hydrogen-bond donors (Lipinski definition) is 0. The van der Waals surface area contributed by atoms with Crippen molar-refractivity contribution in [2.75, 3.05) is 6.61 Å². The van der Waals surface area contributed by atoms with Gasteiger partial charge < -0.3 is 9.15 Å². The number of rotatable bonds is 4. The van der Waals surface area contributed by atoms with Crippen LogP contribution in [0.1, 0.15) is 60.6 Å². The van der Waals surface area contributed by atoms with Crippen molar-refractivity contribution in [2.24, 2.45) is 5.92 Å². The molecule has 4 heteroatoms. The Morgan fingerprint density at radius 3 is 2.80 bits per heavy atom. The number of aryl methyl sites for hydroxylation is 1. The number of aromatic nitrogens is 2. The van der Waals surface area contributed by atoms with Gasteiger partial charge in [-0.15, -0.1) is 10.2 Å². The Balaban J connectivity index is 1.43. The first kappa shape index (κ1) is 16.4. The number of ether oxygens (including phenoxy) is 1. The summed E-state index contributed by atoms with van der Waals surface area (Å²) >= 11 is 0. The van der Waals surface area contributed by atoms with E-state index in [4.69, 9.17) is 9.15 Å². The van der Waals surface area contributed by atoms with Crippen molar-refractivity contribution in [2.45, 2.75) is 58.0 Å². The molecular weight excluding hydrogens is 312 g/mol. The van der Waals surface area contributed by atoms with Crippen molar-refractivity contribution in [3.63, 3.8) is 0 Å². The number of nitrogens with zero attached hydrogens (tertiary/aromatic N) is 2. The van der Waals surface area contributed by atoms with E-state index in [9.17, 15) is 0 Å². The third-order valence-corrected chi connectivity index (χ3v) is 4.87. The molecule has 25 heavy (non-hydrogen) atoms. The van der Waals surface area contributed by atoms with Crippen LogP contribution in [0, 0.1) is 24.7 Å². The zero-order valence-electron chi connectivity index (χ0n) is 14.8. The Labute approximate surface area is 149 Å². The van der Waals surface area contributed by atoms with Crippen molar-refractivity contribution in [3.8, 4) is 11.8 Å². The van der Waals surface area contributed by atoms with Crippen LogP contribution in [0.25, 0.3) is 0 Å². The monoisotopic (exact) mass is 336 g/mol. The molecule has 1 aromatic carbocycles. The van der Waals surface area contributed by atoms with E-state index in [1.165, 1.54) is 30.4 Å². The van der Waals surface area contributed by atoms with E-state index in [1.807, 2.05) is 0 Å². The predicted octanol–water partition coefficient (Wildman–Crippen LogP) is 3.84. The van der Waals surface area contributed by atoms with E-state index in [2.05, 4.69) is 47.2 Å². The summed E-state index contributed by atoms with van der Waals surface area (Å²) in [5, 5.41) is 8.43. The molecule has 1 aliphatic carbocycles. The highest BCUT2D eigenvalue weighted by Gasteiger charge is 2.19. The van der Waals surface area contributed by atoms with Gasteiger partial charge in [-0.3, -0.25) is 0 Å². The van der Waals surface area contributed by atoms with Gasteiger partial charge in [0.25, 0.3) is 0 Å². The molecule has 2 aliphatic rings. The lowest BCUT2D eigenvalue weighted by atomic mass is 10.0. The fourth-order valence-corrected chi connectivity index (χ4v) is 3.12. The van der Waals surface area contributed by atoms with E-state index in [-0.39, 0.29) is 6.10 Å². The molecule has 0 amide bonds. The van der Waals surface area contributed by atoms with Crippen LogP contribution in [0.3, 0.4) is 0 Å². The lowest BCUT2D eigenvalue weighted by Gasteiger charge is -2.20. The lowest BCUT2D eigenvalue weighted by Crippen LogP contribution is -2.21. The second-order valence-electron chi connectivity index (χ2n) is 7.14. The first-order chi connectivity index (χ1) is 12.3. The summed E-state index contributed by atoms with van der Waals surface area (Å²) in [6, 6.07) is 6.37. The highest BCUT2D eigenvalue weighted by atomic mass is 16.5. The van der Waals surface area contributed by atoms with Crippen molar-refractivity contribution in [1.82, 2.24) is 10.2 Å². The van der Waals surface area contributed by atoms with Gasteiger partial charge in [0.1, 0.15) is 0 Å². The molecule has 1 saturated carbocycles. The quantitative estimate of drug-likeness (QED) is 0.796. The first-order valence-corrected chi connectivity index (χ1v) is 9.30. The maximum absolute atomic E-state index is 5.86. The third kappa shape index (κ3) is 4.49. The molecule has 2 heterocycles. The molecule has 1 saturated heterocycles. The van der Waals surface area contributed by atoms with Gasteiger partial charge in [0.15, 0.2) is 0 Å². The van der Waals surface area contributed by atoms with Crippen molar-refractivity contribution < 1.29 is 9.15 Å². The predicted molar refractivity (Wildman–Crippen MR) is 95.2 cm³/mol. The van der Waals surface area contributed by atoms with Gasteiger partial charge in [0.2, 0.25) is 11.8 Å². The molecule has 0 spiro atoms. The number of benzene rings is 1. The van der Waals surface area contributed by atoms with E-state index in [0.29, 0.717) is 24.1 Å².